The van der Waals surface area contributed by atoms with Crippen LogP contribution in [0.3, 0.4) is 0 Å². The van der Waals surface area contributed by atoms with Gasteiger partial charge in [-0.15, -0.1) is 0 Å². The molecule has 1 aliphatic heterocycles. The molecule has 6 heteroatoms. The maximum absolute atomic E-state index is 12.7. The number of hydrogen-bond acceptors (Lipinski definition) is 2. The molecule has 1 atom stereocenters. The van der Waals surface area contributed by atoms with Gasteiger partial charge in [0.2, 0.25) is 11.8 Å². The summed E-state index contributed by atoms with van der Waals surface area (Å²) in [6.07, 6.45) is 2.10. The van der Waals surface area contributed by atoms with E-state index in [0.717, 1.165) is 12.8 Å². The summed E-state index contributed by atoms with van der Waals surface area (Å²) in [6.45, 7) is 6.83. The Morgan fingerprint density at radius 3 is 2.61 bits per heavy atom. The van der Waals surface area contributed by atoms with Crippen LogP contribution in [0.25, 0.3) is 0 Å². The Bertz CT molecular complexity index is 617. The number of halogens is 2. The Hall–Kier alpha value is -1.26. The molecular formula is C17H22Cl2N2O2. The molecule has 2 amide bonds. The van der Waals surface area contributed by atoms with Gasteiger partial charge in [-0.05, 0) is 50.8 Å². The molecule has 4 nitrogen and oxygen atoms in total. The molecule has 1 aromatic rings. The summed E-state index contributed by atoms with van der Waals surface area (Å²) in [5.41, 5.74) is -0.700. The van der Waals surface area contributed by atoms with Crippen molar-refractivity contribution in [3.8, 4) is 0 Å². The molecule has 2 rings (SSSR count). The second-order valence-electron chi connectivity index (χ2n) is 6.70. The van der Waals surface area contributed by atoms with Crippen LogP contribution in [0.5, 0.6) is 0 Å². The lowest BCUT2D eigenvalue weighted by molar-refractivity contribution is -0.147. The third kappa shape index (κ3) is 4.18. The Kier molecular flexibility index (Phi) is 5.58. The molecule has 1 saturated heterocycles. The van der Waals surface area contributed by atoms with Crippen molar-refractivity contribution < 1.29 is 9.59 Å². The molecule has 0 aliphatic carbocycles. The zero-order valence-corrected chi connectivity index (χ0v) is 15.2. The second-order valence-corrected chi connectivity index (χ2v) is 7.55. The average molecular weight is 357 g/mol. The van der Waals surface area contributed by atoms with E-state index < -0.39 is 5.41 Å². The summed E-state index contributed by atoms with van der Waals surface area (Å²) < 4.78 is 0. The maximum Gasteiger partial charge on any atom is 0.239 e. The molecule has 1 unspecified atom stereocenters. The van der Waals surface area contributed by atoms with Crippen molar-refractivity contribution in [2.45, 2.75) is 33.6 Å². The number of amides is 2. The third-order valence-electron chi connectivity index (χ3n) is 4.23. The van der Waals surface area contributed by atoms with Crippen LogP contribution in [-0.2, 0) is 9.59 Å². The quantitative estimate of drug-likeness (QED) is 0.824. The van der Waals surface area contributed by atoms with Crippen LogP contribution < -0.4 is 5.32 Å². The van der Waals surface area contributed by atoms with Crippen molar-refractivity contribution in [3.05, 3.63) is 28.2 Å². The van der Waals surface area contributed by atoms with E-state index in [-0.39, 0.29) is 11.8 Å². The van der Waals surface area contributed by atoms with Crippen molar-refractivity contribution in [2.75, 3.05) is 18.4 Å². The monoisotopic (exact) mass is 356 g/mol. The van der Waals surface area contributed by atoms with Crippen molar-refractivity contribution in [1.82, 2.24) is 4.90 Å². The summed E-state index contributed by atoms with van der Waals surface area (Å²) >= 11 is 11.9. The number of carbonyl (C=O) groups excluding carboxylic acids is 2. The first-order valence-electron chi connectivity index (χ1n) is 7.77. The van der Waals surface area contributed by atoms with E-state index in [2.05, 4.69) is 12.2 Å². The molecule has 0 bridgehead atoms. The van der Waals surface area contributed by atoms with Crippen LogP contribution >= 0.6 is 23.2 Å². The Morgan fingerprint density at radius 2 is 2.00 bits per heavy atom. The van der Waals surface area contributed by atoms with Crippen molar-refractivity contribution >= 4 is 40.7 Å². The van der Waals surface area contributed by atoms with Gasteiger partial charge in [-0.3, -0.25) is 9.59 Å². The third-order valence-corrected chi connectivity index (χ3v) is 4.77. The number of piperidine rings is 1. The fourth-order valence-electron chi connectivity index (χ4n) is 2.74. The van der Waals surface area contributed by atoms with Gasteiger partial charge in [0, 0.05) is 18.1 Å². The van der Waals surface area contributed by atoms with E-state index in [1.165, 1.54) is 0 Å². The average Bonchev–Trinajstić information content (AvgIpc) is 2.49. The number of anilines is 1. The first-order valence-corrected chi connectivity index (χ1v) is 8.53. The van der Waals surface area contributed by atoms with Gasteiger partial charge in [0.15, 0.2) is 0 Å². The number of likely N-dealkylation sites (tertiary alicyclic amines) is 1. The summed E-state index contributed by atoms with van der Waals surface area (Å²) in [6, 6.07) is 4.83. The molecule has 23 heavy (non-hydrogen) atoms. The maximum atomic E-state index is 12.7. The zero-order valence-electron chi connectivity index (χ0n) is 13.7. The van der Waals surface area contributed by atoms with E-state index >= 15 is 0 Å². The molecule has 1 aliphatic rings. The van der Waals surface area contributed by atoms with Crippen LogP contribution in [0.15, 0.2) is 18.2 Å². The number of benzene rings is 1. The first-order chi connectivity index (χ1) is 10.7. The fourth-order valence-corrected chi connectivity index (χ4v) is 3.19. The number of carbonyl (C=O) groups is 2. The summed E-state index contributed by atoms with van der Waals surface area (Å²) in [5, 5.41) is 3.57. The van der Waals surface area contributed by atoms with Crippen molar-refractivity contribution in [2.24, 2.45) is 11.3 Å². The number of nitrogens with zero attached hydrogens (tertiary/aromatic N) is 1. The van der Waals surface area contributed by atoms with Gasteiger partial charge in [0.05, 0.1) is 10.7 Å². The summed E-state index contributed by atoms with van der Waals surface area (Å²) in [4.78, 5) is 27.1. The highest BCUT2D eigenvalue weighted by Gasteiger charge is 2.40. The van der Waals surface area contributed by atoms with Crippen LogP contribution in [-0.4, -0.2) is 29.8 Å². The van der Waals surface area contributed by atoms with Gasteiger partial charge in [-0.1, -0.05) is 30.1 Å². The molecule has 1 heterocycles. The predicted octanol–water partition coefficient (Wildman–Crippen LogP) is 4.22. The molecule has 0 saturated carbocycles. The molecule has 1 aromatic carbocycles. The van der Waals surface area contributed by atoms with Crippen LogP contribution in [0, 0.1) is 11.3 Å². The van der Waals surface area contributed by atoms with Crippen molar-refractivity contribution in [3.63, 3.8) is 0 Å². The topological polar surface area (TPSA) is 49.4 Å². The van der Waals surface area contributed by atoms with Crippen LogP contribution in [0.4, 0.5) is 5.69 Å². The number of hydrogen-bond donors (Lipinski definition) is 1. The van der Waals surface area contributed by atoms with E-state index in [4.69, 9.17) is 23.2 Å². The Labute approximate surface area is 147 Å². The molecule has 126 valence electrons. The lowest BCUT2D eigenvalue weighted by atomic mass is 9.88. The van der Waals surface area contributed by atoms with E-state index in [9.17, 15) is 9.59 Å². The molecule has 1 fully saturated rings. The smallest absolute Gasteiger partial charge is 0.239 e. The standard InChI is InChI=1S/C17H22Cl2N2O2/c1-11-5-4-8-21(10-11)16(23)17(2,3)15(22)20-14-7-6-12(18)9-13(14)19/h6-7,9,11H,4-5,8,10H2,1-3H3,(H,20,22). The first kappa shape index (κ1) is 18.1. The van der Waals surface area contributed by atoms with Gasteiger partial charge in [0.1, 0.15) is 5.41 Å². The van der Waals surface area contributed by atoms with Gasteiger partial charge >= 0.3 is 0 Å². The summed E-state index contributed by atoms with van der Waals surface area (Å²) in [7, 11) is 0. The highest BCUT2D eigenvalue weighted by Crippen LogP contribution is 2.29. The molecule has 1 N–H and O–H groups in total. The lowest BCUT2D eigenvalue weighted by Crippen LogP contribution is -2.50. The normalized spacial score (nSPS) is 18.7. The predicted molar refractivity (Wildman–Crippen MR) is 93.9 cm³/mol. The van der Waals surface area contributed by atoms with Gasteiger partial charge in [-0.25, -0.2) is 0 Å². The minimum atomic E-state index is -1.15. The number of rotatable bonds is 3. The number of nitrogens with one attached hydrogen (secondary N) is 1. The fraction of sp³-hybridized carbons (Fsp3) is 0.529. The second kappa shape index (κ2) is 7.10. The zero-order chi connectivity index (χ0) is 17.2. The Balaban J connectivity index is 2.11. The molecule has 0 radical (unpaired) electrons. The van der Waals surface area contributed by atoms with Gasteiger partial charge in [0.25, 0.3) is 0 Å². The van der Waals surface area contributed by atoms with Crippen molar-refractivity contribution in [1.29, 1.82) is 0 Å². The van der Waals surface area contributed by atoms with Crippen LogP contribution in [0.1, 0.15) is 33.6 Å². The molecular weight excluding hydrogens is 335 g/mol. The highest BCUT2D eigenvalue weighted by molar-refractivity contribution is 6.36. The largest absolute Gasteiger partial charge is 0.342 e. The minimum Gasteiger partial charge on any atom is -0.342 e. The minimum absolute atomic E-state index is 0.147. The van der Waals surface area contributed by atoms with Gasteiger partial charge < -0.3 is 10.2 Å². The highest BCUT2D eigenvalue weighted by atomic mass is 35.5. The molecule has 0 aromatic heterocycles. The van der Waals surface area contributed by atoms with E-state index in [0.29, 0.717) is 34.7 Å². The van der Waals surface area contributed by atoms with Gasteiger partial charge in [-0.2, -0.15) is 0 Å². The lowest BCUT2D eigenvalue weighted by Gasteiger charge is -2.36. The molecule has 0 spiro atoms. The van der Waals surface area contributed by atoms with E-state index in [1.54, 1.807) is 36.9 Å². The summed E-state index contributed by atoms with van der Waals surface area (Å²) in [5.74, 6) is -0.0474. The van der Waals surface area contributed by atoms with E-state index in [1.807, 2.05) is 0 Å². The Morgan fingerprint density at radius 1 is 1.30 bits per heavy atom. The SMILES string of the molecule is CC1CCCN(C(=O)C(C)(C)C(=O)Nc2ccc(Cl)cc2Cl)C1. The van der Waals surface area contributed by atoms with Crippen LogP contribution in [0.2, 0.25) is 10.0 Å².